The van der Waals surface area contributed by atoms with Crippen LogP contribution in [-0.2, 0) is 12.8 Å². The highest BCUT2D eigenvalue weighted by Gasteiger charge is 2.11. The van der Waals surface area contributed by atoms with Gasteiger partial charge in [-0.15, -0.1) is 11.8 Å². The summed E-state index contributed by atoms with van der Waals surface area (Å²) in [6.07, 6.45) is 5.12. The number of aryl methyl sites for hydroxylation is 2. The number of hydrogen-bond donors (Lipinski definition) is 1. The van der Waals surface area contributed by atoms with Gasteiger partial charge in [0.25, 0.3) is 0 Å². The van der Waals surface area contributed by atoms with Gasteiger partial charge in [-0.05, 0) is 56.0 Å². The number of fused-ring (bicyclic) bond motifs is 1. The lowest BCUT2D eigenvalue weighted by Crippen LogP contribution is -2.26. The van der Waals surface area contributed by atoms with Gasteiger partial charge in [0.05, 0.1) is 0 Å². The third-order valence-electron chi connectivity index (χ3n) is 3.42. The molecule has 1 aliphatic carbocycles. The quantitative estimate of drug-likeness (QED) is 0.786. The Morgan fingerprint density at radius 2 is 2.12 bits per heavy atom. The fraction of sp³-hybridized carbons (Fsp3) is 0.571. The van der Waals surface area contributed by atoms with Crippen molar-refractivity contribution in [2.45, 2.75) is 43.5 Å². The predicted octanol–water partition coefficient (Wildman–Crippen LogP) is 3.27. The van der Waals surface area contributed by atoms with Gasteiger partial charge in [0.2, 0.25) is 0 Å². The second-order valence-electron chi connectivity index (χ2n) is 4.49. The average molecular weight is 235 g/mol. The molecule has 0 saturated carbocycles. The molecule has 0 bridgehead atoms. The Morgan fingerprint density at radius 1 is 1.31 bits per heavy atom. The summed E-state index contributed by atoms with van der Waals surface area (Å²) in [5.41, 5.74) is 3.16. The first-order chi connectivity index (χ1) is 7.83. The van der Waals surface area contributed by atoms with Crippen LogP contribution >= 0.6 is 11.8 Å². The molecule has 1 aromatic carbocycles. The lowest BCUT2D eigenvalue weighted by Gasteiger charge is -2.13. The number of hydrogen-bond acceptors (Lipinski definition) is 2. The van der Waals surface area contributed by atoms with E-state index in [9.17, 15) is 0 Å². The Bertz CT molecular complexity index is 345. The molecule has 1 aromatic rings. The van der Waals surface area contributed by atoms with E-state index >= 15 is 0 Å². The minimum Gasteiger partial charge on any atom is -0.316 e. The molecule has 1 N–H and O–H groups in total. The molecule has 1 atom stereocenters. The van der Waals surface area contributed by atoms with E-state index in [1.165, 1.54) is 36.3 Å². The summed E-state index contributed by atoms with van der Waals surface area (Å²) in [6, 6.07) is 7.65. The number of thioether (sulfide) groups is 1. The monoisotopic (exact) mass is 235 g/mol. The molecule has 0 aliphatic heterocycles. The first-order valence-electron chi connectivity index (χ1n) is 6.25. The second kappa shape index (κ2) is 5.74. The minimum absolute atomic E-state index is 0.637. The van der Waals surface area contributed by atoms with E-state index in [4.69, 9.17) is 0 Å². The number of nitrogens with one attached hydrogen (secondary N) is 1. The van der Waals surface area contributed by atoms with Crippen molar-refractivity contribution < 1.29 is 0 Å². The fourth-order valence-corrected chi connectivity index (χ4v) is 3.43. The van der Waals surface area contributed by atoms with Gasteiger partial charge < -0.3 is 5.32 Å². The van der Waals surface area contributed by atoms with Crippen LogP contribution in [0.5, 0.6) is 0 Å². The third kappa shape index (κ3) is 2.80. The summed E-state index contributed by atoms with van der Waals surface area (Å²) in [4.78, 5) is 1.44. The normalized spacial score (nSPS) is 16.1. The van der Waals surface area contributed by atoms with E-state index in [2.05, 4.69) is 37.5 Å². The highest BCUT2D eigenvalue weighted by Crippen LogP contribution is 2.27. The van der Waals surface area contributed by atoms with Crippen molar-refractivity contribution in [1.29, 1.82) is 0 Å². The van der Waals surface area contributed by atoms with Gasteiger partial charge in [-0.3, -0.25) is 0 Å². The van der Waals surface area contributed by atoms with Crippen LogP contribution < -0.4 is 5.32 Å². The van der Waals surface area contributed by atoms with Gasteiger partial charge in [0.1, 0.15) is 0 Å². The van der Waals surface area contributed by atoms with Crippen molar-refractivity contribution in [2.24, 2.45) is 0 Å². The van der Waals surface area contributed by atoms with Gasteiger partial charge in [0, 0.05) is 16.7 Å². The Kier molecular flexibility index (Phi) is 4.30. The van der Waals surface area contributed by atoms with E-state index < -0.39 is 0 Å². The van der Waals surface area contributed by atoms with Crippen molar-refractivity contribution >= 4 is 11.8 Å². The summed E-state index contributed by atoms with van der Waals surface area (Å²) in [5.74, 6) is 1.17. The smallest absolute Gasteiger partial charge is 0.0156 e. The molecule has 1 nitrogen and oxygen atoms in total. The molecule has 1 aliphatic rings. The van der Waals surface area contributed by atoms with Gasteiger partial charge in [0.15, 0.2) is 0 Å². The van der Waals surface area contributed by atoms with Crippen molar-refractivity contribution in [3.05, 3.63) is 29.3 Å². The molecule has 0 spiro atoms. The van der Waals surface area contributed by atoms with E-state index in [-0.39, 0.29) is 0 Å². The maximum atomic E-state index is 3.35. The molecular weight excluding hydrogens is 214 g/mol. The largest absolute Gasteiger partial charge is 0.316 e. The van der Waals surface area contributed by atoms with Crippen LogP contribution in [-0.4, -0.2) is 18.8 Å². The van der Waals surface area contributed by atoms with Crippen molar-refractivity contribution in [1.82, 2.24) is 5.32 Å². The third-order valence-corrected chi connectivity index (χ3v) is 4.58. The van der Waals surface area contributed by atoms with Gasteiger partial charge in [-0.2, -0.15) is 0 Å². The lowest BCUT2D eigenvalue weighted by molar-refractivity contribution is 0.602. The Balaban J connectivity index is 1.95. The Hall–Kier alpha value is -0.470. The second-order valence-corrected chi connectivity index (χ2v) is 5.58. The average Bonchev–Trinajstić information content (AvgIpc) is 2.77. The lowest BCUT2D eigenvalue weighted by atomic mass is 10.1. The van der Waals surface area contributed by atoms with Crippen LogP contribution in [0.2, 0.25) is 0 Å². The summed E-state index contributed by atoms with van der Waals surface area (Å²) >= 11 is 1.98. The van der Waals surface area contributed by atoms with Gasteiger partial charge in [-0.1, -0.05) is 13.0 Å². The molecule has 0 heterocycles. The molecule has 0 saturated heterocycles. The first-order valence-corrected chi connectivity index (χ1v) is 7.24. The van der Waals surface area contributed by atoms with Crippen LogP contribution in [0, 0.1) is 0 Å². The molecule has 1 unspecified atom stereocenters. The molecule has 2 heteroatoms. The minimum atomic E-state index is 0.637. The summed E-state index contributed by atoms with van der Waals surface area (Å²) < 4.78 is 0. The van der Waals surface area contributed by atoms with Gasteiger partial charge >= 0.3 is 0 Å². The van der Waals surface area contributed by atoms with Crippen LogP contribution in [0.15, 0.2) is 23.1 Å². The SMILES string of the molecule is CCC(CSc1ccc2c(c1)CCC2)NC. The maximum absolute atomic E-state index is 3.35. The molecular formula is C14H21NS. The highest BCUT2D eigenvalue weighted by atomic mass is 32.2. The van der Waals surface area contributed by atoms with Crippen molar-refractivity contribution in [3.63, 3.8) is 0 Å². The Labute approximate surface area is 103 Å². The molecule has 88 valence electrons. The zero-order valence-corrected chi connectivity index (χ0v) is 11.1. The van der Waals surface area contributed by atoms with E-state index in [0.29, 0.717) is 6.04 Å². The molecule has 16 heavy (non-hydrogen) atoms. The maximum Gasteiger partial charge on any atom is 0.0156 e. The summed E-state index contributed by atoms with van der Waals surface area (Å²) in [5, 5.41) is 3.35. The molecule has 0 amide bonds. The summed E-state index contributed by atoms with van der Waals surface area (Å²) in [6.45, 7) is 2.24. The van der Waals surface area contributed by atoms with E-state index in [1.54, 1.807) is 11.1 Å². The van der Waals surface area contributed by atoms with Crippen molar-refractivity contribution in [2.75, 3.05) is 12.8 Å². The molecule has 0 fully saturated rings. The zero-order valence-electron chi connectivity index (χ0n) is 10.3. The predicted molar refractivity (Wildman–Crippen MR) is 72.3 cm³/mol. The summed E-state index contributed by atoms with van der Waals surface area (Å²) in [7, 11) is 2.05. The van der Waals surface area contributed by atoms with E-state index in [1.807, 2.05) is 11.8 Å². The van der Waals surface area contributed by atoms with E-state index in [0.717, 1.165) is 0 Å². The van der Waals surface area contributed by atoms with Gasteiger partial charge in [-0.25, -0.2) is 0 Å². The number of rotatable bonds is 5. The van der Waals surface area contributed by atoms with Crippen molar-refractivity contribution in [3.8, 4) is 0 Å². The molecule has 0 aromatic heterocycles. The zero-order chi connectivity index (χ0) is 11.4. The highest BCUT2D eigenvalue weighted by molar-refractivity contribution is 7.99. The molecule has 2 rings (SSSR count). The van der Waals surface area contributed by atoms with Crippen LogP contribution in [0.1, 0.15) is 30.9 Å². The Morgan fingerprint density at radius 3 is 2.88 bits per heavy atom. The van der Waals surface area contributed by atoms with Crippen LogP contribution in [0.25, 0.3) is 0 Å². The van der Waals surface area contributed by atoms with Crippen LogP contribution in [0.3, 0.4) is 0 Å². The standard InChI is InChI=1S/C14H21NS/c1-3-13(15-2)10-16-14-8-7-11-5-4-6-12(11)9-14/h7-9,13,15H,3-6,10H2,1-2H3. The number of benzene rings is 1. The fourth-order valence-electron chi connectivity index (χ4n) is 2.24. The van der Waals surface area contributed by atoms with Crippen LogP contribution in [0.4, 0.5) is 0 Å². The first kappa shape index (κ1) is 12.0. The topological polar surface area (TPSA) is 12.0 Å². The molecule has 0 radical (unpaired) electrons.